The van der Waals surface area contributed by atoms with Gasteiger partial charge in [-0.25, -0.2) is 13.4 Å². The Labute approximate surface area is 140 Å². The zero-order valence-corrected chi connectivity index (χ0v) is 14.8. The second-order valence-electron chi connectivity index (χ2n) is 5.13. The molecule has 2 rings (SSSR count). The number of aryl methyl sites for hydroxylation is 1. The molecule has 2 aromatic rings. The minimum atomic E-state index is -3.70. The van der Waals surface area contributed by atoms with Crippen LogP contribution in [0, 0.1) is 6.92 Å². The third kappa shape index (κ3) is 4.29. The molecule has 0 aliphatic carbocycles. The van der Waals surface area contributed by atoms with Crippen molar-refractivity contribution in [2.45, 2.75) is 38.1 Å². The third-order valence-corrected chi connectivity index (χ3v) is 5.82. The number of carbonyl (C=O) groups is 1. The number of amides is 1. The van der Waals surface area contributed by atoms with Gasteiger partial charge in [0.1, 0.15) is 4.88 Å². The SMILES string of the molecule is CCC(C)NC(=O)c1sc(NS(=O)(=O)c2ccccc2)nc1C. The quantitative estimate of drug-likeness (QED) is 0.836. The third-order valence-electron chi connectivity index (χ3n) is 3.27. The van der Waals surface area contributed by atoms with Crippen molar-refractivity contribution >= 4 is 32.4 Å². The van der Waals surface area contributed by atoms with Crippen molar-refractivity contribution in [1.82, 2.24) is 10.3 Å². The van der Waals surface area contributed by atoms with Crippen molar-refractivity contribution in [3.05, 3.63) is 40.9 Å². The van der Waals surface area contributed by atoms with Gasteiger partial charge in [-0.15, -0.1) is 0 Å². The summed E-state index contributed by atoms with van der Waals surface area (Å²) in [6.07, 6.45) is 0.817. The molecule has 0 spiro atoms. The lowest BCUT2D eigenvalue weighted by Crippen LogP contribution is -2.31. The molecule has 124 valence electrons. The average molecular weight is 353 g/mol. The van der Waals surface area contributed by atoms with E-state index in [1.165, 1.54) is 12.1 Å². The molecule has 1 aromatic carbocycles. The van der Waals surface area contributed by atoms with Crippen LogP contribution >= 0.6 is 11.3 Å². The first-order valence-corrected chi connectivity index (χ1v) is 9.49. The molecule has 0 aliphatic heterocycles. The summed E-state index contributed by atoms with van der Waals surface area (Å²) < 4.78 is 27.0. The van der Waals surface area contributed by atoms with Crippen LogP contribution in [0.1, 0.15) is 35.6 Å². The Morgan fingerprint density at radius 3 is 2.57 bits per heavy atom. The zero-order chi connectivity index (χ0) is 17.0. The zero-order valence-electron chi connectivity index (χ0n) is 13.2. The maximum absolute atomic E-state index is 12.3. The van der Waals surface area contributed by atoms with Crippen LogP contribution in [0.15, 0.2) is 35.2 Å². The van der Waals surface area contributed by atoms with Gasteiger partial charge in [0.15, 0.2) is 5.13 Å². The van der Waals surface area contributed by atoms with Crippen LogP contribution in [0.4, 0.5) is 5.13 Å². The Morgan fingerprint density at radius 1 is 1.30 bits per heavy atom. The van der Waals surface area contributed by atoms with E-state index in [1.807, 2.05) is 13.8 Å². The fraction of sp³-hybridized carbons (Fsp3) is 0.333. The summed E-state index contributed by atoms with van der Waals surface area (Å²) >= 11 is 1.03. The number of sulfonamides is 1. The van der Waals surface area contributed by atoms with E-state index in [0.29, 0.717) is 10.6 Å². The highest BCUT2D eigenvalue weighted by molar-refractivity contribution is 7.93. The number of nitrogens with one attached hydrogen (secondary N) is 2. The number of carbonyl (C=O) groups excluding carboxylic acids is 1. The van der Waals surface area contributed by atoms with Gasteiger partial charge in [0, 0.05) is 6.04 Å². The Kier molecular flexibility index (Phi) is 5.38. The largest absolute Gasteiger partial charge is 0.349 e. The standard InChI is InChI=1S/C15H19N3O3S2/c1-4-10(2)16-14(19)13-11(3)17-15(22-13)18-23(20,21)12-8-6-5-7-9-12/h5-10H,4H2,1-3H3,(H,16,19)(H,17,18). The van der Waals surface area contributed by atoms with Gasteiger partial charge in [0.25, 0.3) is 15.9 Å². The molecule has 1 amide bonds. The molecule has 0 radical (unpaired) electrons. The first-order chi connectivity index (χ1) is 10.8. The monoisotopic (exact) mass is 353 g/mol. The summed E-state index contributed by atoms with van der Waals surface area (Å²) in [4.78, 5) is 16.9. The topological polar surface area (TPSA) is 88.2 Å². The van der Waals surface area contributed by atoms with Gasteiger partial charge in [-0.3, -0.25) is 9.52 Å². The average Bonchev–Trinajstić information content (AvgIpc) is 2.87. The molecular weight excluding hydrogens is 334 g/mol. The van der Waals surface area contributed by atoms with Gasteiger partial charge >= 0.3 is 0 Å². The van der Waals surface area contributed by atoms with Gasteiger partial charge in [-0.2, -0.15) is 0 Å². The molecule has 6 nitrogen and oxygen atoms in total. The molecule has 8 heteroatoms. The number of anilines is 1. The van der Waals surface area contributed by atoms with Gasteiger partial charge in [-0.05, 0) is 32.4 Å². The van der Waals surface area contributed by atoms with E-state index in [-0.39, 0.29) is 22.0 Å². The number of thiazole rings is 1. The van der Waals surface area contributed by atoms with Crippen LogP contribution in [-0.4, -0.2) is 25.4 Å². The number of hydrogen-bond donors (Lipinski definition) is 2. The molecule has 0 saturated carbocycles. The molecule has 1 atom stereocenters. The predicted octanol–water partition coefficient (Wildman–Crippen LogP) is 2.78. The van der Waals surface area contributed by atoms with Gasteiger partial charge in [0.05, 0.1) is 10.6 Å². The lowest BCUT2D eigenvalue weighted by atomic mass is 10.2. The highest BCUT2D eigenvalue weighted by atomic mass is 32.2. The number of benzene rings is 1. The smallest absolute Gasteiger partial charge is 0.263 e. The Bertz CT molecular complexity index is 786. The molecular formula is C15H19N3O3S2. The summed E-state index contributed by atoms with van der Waals surface area (Å²) in [5.74, 6) is -0.237. The van der Waals surface area contributed by atoms with Crippen LogP contribution < -0.4 is 10.0 Å². The highest BCUT2D eigenvalue weighted by Gasteiger charge is 2.20. The van der Waals surface area contributed by atoms with Gasteiger partial charge < -0.3 is 5.32 Å². The van der Waals surface area contributed by atoms with E-state index in [1.54, 1.807) is 25.1 Å². The van der Waals surface area contributed by atoms with Crippen molar-refractivity contribution in [1.29, 1.82) is 0 Å². The predicted molar refractivity (Wildman–Crippen MR) is 91.3 cm³/mol. The molecule has 1 aromatic heterocycles. The van der Waals surface area contributed by atoms with E-state index < -0.39 is 10.0 Å². The van der Waals surface area contributed by atoms with E-state index in [9.17, 15) is 13.2 Å². The van der Waals surface area contributed by atoms with Crippen molar-refractivity contribution in [3.63, 3.8) is 0 Å². The lowest BCUT2D eigenvalue weighted by molar-refractivity contribution is 0.0942. The van der Waals surface area contributed by atoms with Crippen molar-refractivity contribution in [2.24, 2.45) is 0 Å². The second-order valence-corrected chi connectivity index (χ2v) is 7.82. The van der Waals surface area contributed by atoms with Crippen LogP contribution in [0.25, 0.3) is 0 Å². The normalized spacial score (nSPS) is 12.7. The Hall–Kier alpha value is -1.93. The summed E-state index contributed by atoms with van der Waals surface area (Å²) in [6.45, 7) is 5.57. The fourth-order valence-corrected chi connectivity index (χ4v) is 3.94. The summed E-state index contributed by atoms with van der Waals surface area (Å²) in [7, 11) is -3.70. The lowest BCUT2D eigenvalue weighted by Gasteiger charge is -2.10. The van der Waals surface area contributed by atoms with Crippen molar-refractivity contribution in [3.8, 4) is 0 Å². The molecule has 0 fully saturated rings. The van der Waals surface area contributed by atoms with Crippen LogP contribution in [0.2, 0.25) is 0 Å². The molecule has 0 saturated heterocycles. The van der Waals surface area contributed by atoms with E-state index in [0.717, 1.165) is 17.8 Å². The van der Waals surface area contributed by atoms with Crippen molar-refractivity contribution in [2.75, 3.05) is 4.72 Å². The maximum atomic E-state index is 12.3. The van der Waals surface area contributed by atoms with Gasteiger partial charge in [-0.1, -0.05) is 36.5 Å². The van der Waals surface area contributed by atoms with E-state index in [2.05, 4.69) is 15.0 Å². The van der Waals surface area contributed by atoms with Gasteiger partial charge in [0.2, 0.25) is 0 Å². The first-order valence-electron chi connectivity index (χ1n) is 7.19. The minimum absolute atomic E-state index is 0.0495. The molecule has 2 N–H and O–H groups in total. The molecule has 1 heterocycles. The number of hydrogen-bond acceptors (Lipinski definition) is 5. The van der Waals surface area contributed by atoms with E-state index >= 15 is 0 Å². The maximum Gasteiger partial charge on any atom is 0.263 e. The summed E-state index contributed by atoms with van der Waals surface area (Å²) in [6, 6.07) is 8.08. The van der Waals surface area contributed by atoms with E-state index in [4.69, 9.17) is 0 Å². The number of nitrogens with zero attached hydrogens (tertiary/aromatic N) is 1. The highest BCUT2D eigenvalue weighted by Crippen LogP contribution is 2.25. The number of rotatable bonds is 6. The van der Waals surface area contributed by atoms with Crippen LogP contribution in [-0.2, 0) is 10.0 Å². The minimum Gasteiger partial charge on any atom is -0.349 e. The number of aromatic nitrogens is 1. The van der Waals surface area contributed by atoms with Crippen molar-refractivity contribution < 1.29 is 13.2 Å². The Balaban J connectivity index is 2.20. The fourth-order valence-electron chi connectivity index (χ4n) is 1.82. The summed E-state index contributed by atoms with van der Waals surface area (Å²) in [5.41, 5.74) is 0.501. The molecule has 0 aliphatic rings. The Morgan fingerprint density at radius 2 is 1.96 bits per heavy atom. The summed E-state index contributed by atoms with van der Waals surface area (Å²) in [5, 5.41) is 3.03. The van der Waals surface area contributed by atoms with Crippen LogP contribution in [0.3, 0.4) is 0 Å². The molecule has 0 bridgehead atoms. The first kappa shape index (κ1) is 17.4. The molecule has 1 unspecified atom stereocenters. The molecule has 23 heavy (non-hydrogen) atoms. The second kappa shape index (κ2) is 7.10. The van der Waals surface area contributed by atoms with Crippen LogP contribution in [0.5, 0.6) is 0 Å².